The zero-order valence-electron chi connectivity index (χ0n) is 5.95. The molecule has 1 rings (SSSR count). The van der Waals surface area contributed by atoms with E-state index in [1.54, 1.807) is 0 Å². The summed E-state index contributed by atoms with van der Waals surface area (Å²) in [7, 11) is 0. The summed E-state index contributed by atoms with van der Waals surface area (Å²) in [6.07, 6.45) is 4.12. The topological polar surface area (TPSA) is 0 Å². The van der Waals surface area contributed by atoms with Crippen molar-refractivity contribution in [3.63, 3.8) is 0 Å². The molecule has 0 amide bonds. The summed E-state index contributed by atoms with van der Waals surface area (Å²) in [5, 5.41) is 0. The number of hydrogen-bond donors (Lipinski definition) is 0. The Morgan fingerprint density at radius 3 is 2.20 bits per heavy atom. The predicted octanol–water partition coefficient (Wildman–Crippen LogP) is 3.30. The Morgan fingerprint density at radius 1 is 1.10 bits per heavy atom. The Balaban J connectivity index is 0.000000810. The van der Waals surface area contributed by atoms with Crippen molar-refractivity contribution in [1.29, 1.82) is 0 Å². The second-order valence-electron chi connectivity index (χ2n) is 1.91. The summed E-state index contributed by atoms with van der Waals surface area (Å²) < 4.78 is 0. The lowest BCUT2D eigenvalue weighted by molar-refractivity contribution is 1.64. The van der Waals surface area contributed by atoms with E-state index in [4.69, 9.17) is 0 Å². The number of benzene rings is 1. The molecule has 0 radical (unpaired) electrons. The molecule has 54 valence electrons. The Kier molecular flexibility index (Phi) is 4.95. The zero-order valence-corrected chi connectivity index (χ0v) is 7.66. The van der Waals surface area contributed by atoms with Crippen LogP contribution in [-0.2, 0) is 0 Å². The molecule has 0 N–H and O–H groups in total. The molecular weight excluding hydrogens is 188 g/mol. The summed E-state index contributed by atoms with van der Waals surface area (Å²) >= 11 is 0. The van der Waals surface area contributed by atoms with Gasteiger partial charge in [-0.05, 0) is 12.5 Å². The van der Waals surface area contributed by atoms with Crippen LogP contribution in [0.5, 0.6) is 0 Å². The van der Waals surface area contributed by atoms with Gasteiger partial charge in [0.15, 0.2) is 0 Å². The molecule has 0 heterocycles. The number of rotatable bonds is 1. The molecular formula is C9H11Br. The van der Waals surface area contributed by atoms with Crippen molar-refractivity contribution in [1.82, 2.24) is 0 Å². The van der Waals surface area contributed by atoms with Crippen molar-refractivity contribution in [2.75, 3.05) is 0 Å². The highest BCUT2D eigenvalue weighted by atomic mass is 79.9. The quantitative estimate of drug-likeness (QED) is 0.650. The van der Waals surface area contributed by atoms with E-state index < -0.39 is 0 Å². The molecule has 1 heteroatoms. The van der Waals surface area contributed by atoms with Gasteiger partial charge in [-0.1, -0.05) is 42.5 Å². The Hall–Kier alpha value is -0.560. The van der Waals surface area contributed by atoms with E-state index in [2.05, 4.69) is 18.2 Å². The fourth-order valence-corrected chi connectivity index (χ4v) is 0.757. The molecule has 0 aliphatic carbocycles. The molecule has 0 saturated heterocycles. The standard InChI is InChI=1S/C9H10.BrH/c1-2-6-9-7-4-3-5-8-9;/h2-8H,1H3;1H. The first-order valence-corrected chi connectivity index (χ1v) is 3.11. The second kappa shape index (κ2) is 5.24. The minimum atomic E-state index is 0. The van der Waals surface area contributed by atoms with Gasteiger partial charge in [0, 0.05) is 0 Å². The van der Waals surface area contributed by atoms with Crippen LogP contribution < -0.4 is 0 Å². The van der Waals surface area contributed by atoms with Crippen LogP contribution in [0.2, 0.25) is 0 Å². The molecule has 0 spiro atoms. The third-order valence-corrected chi connectivity index (χ3v) is 1.16. The summed E-state index contributed by atoms with van der Waals surface area (Å²) in [6.45, 7) is 2.02. The van der Waals surface area contributed by atoms with Crippen LogP contribution in [0.3, 0.4) is 0 Å². The summed E-state index contributed by atoms with van der Waals surface area (Å²) in [6, 6.07) is 10.3. The number of halogens is 1. The van der Waals surface area contributed by atoms with E-state index in [-0.39, 0.29) is 17.0 Å². The third-order valence-electron chi connectivity index (χ3n) is 1.16. The van der Waals surface area contributed by atoms with Gasteiger partial charge in [0.25, 0.3) is 0 Å². The van der Waals surface area contributed by atoms with Crippen LogP contribution in [-0.4, -0.2) is 0 Å². The Bertz CT molecular complexity index is 189. The molecule has 10 heavy (non-hydrogen) atoms. The molecule has 1 aromatic rings. The average Bonchev–Trinajstić information content (AvgIpc) is 1.91. The Morgan fingerprint density at radius 2 is 1.70 bits per heavy atom. The van der Waals surface area contributed by atoms with Crippen molar-refractivity contribution in [2.45, 2.75) is 6.92 Å². The van der Waals surface area contributed by atoms with E-state index in [9.17, 15) is 0 Å². The number of allylic oxidation sites excluding steroid dienone is 1. The van der Waals surface area contributed by atoms with Gasteiger partial charge in [-0.25, -0.2) is 0 Å². The van der Waals surface area contributed by atoms with E-state index in [0.29, 0.717) is 0 Å². The minimum absolute atomic E-state index is 0. The molecule has 0 aromatic heterocycles. The number of hydrogen-bond acceptors (Lipinski definition) is 0. The highest BCUT2D eigenvalue weighted by Gasteiger charge is 1.77. The first-order valence-electron chi connectivity index (χ1n) is 3.11. The Labute approximate surface area is 72.3 Å². The maximum Gasteiger partial charge on any atom is -0.0260 e. The van der Waals surface area contributed by atoms with Gasteiger partial charge in [0.1, 0.15) is 0 Å². The van der Waals surface area contributed by atoms with Gasteiger partial charge >= 0.3 is 0 Å². The molecule has 0 bridgehead atoms. The molecule has 1 aromatic carbocycles. The van der Waals surface area contributed by atoms with Crippen LogP contribution in [0.25, 0.3) is 6.08 Å². The first-order chi connectivity index (χ1) is 4.43. The van der Waals surface area contributed by atoms with Gasteiger partial charge < -0.3 is 0 Å². The highest BCUT2D eigenvalue weighted by molar-refractivity contribution is 8.93. The molecule has 0 unspecified atom stereocenters. The molecule has 0 nitrogen and oxygen atoms in total. The third kappa shape index (κ3) is 2.83. The lowest BCUT2D eigenvalue weighted by atomic mass is 10.2. The largest absolute Gasteiger partial charge is 0.114 e. The van der Waals surface area contributed by atoms with Crippen LogP contribution >= 0.6 is 17.0 Å². The normalized spacial score (nSPS) is 9.30. The molecule has 0 saturated carbocycles. The average molecular weight is 199 g/mol. The van der Waals surface area contributed by atoms with Crippen molar-refractivity contribution in [3.8, 4) is 0 Å². The summed E-state index contributed by atoms with van der Waals surface area (Å²) in [5.41, 5.74) is 1.26. The molecule has 0 aliphatic rings. The van der Waals surface area contributed by atoms with E-state index >= 15 is 0 Å². The van der Waals surface area contributed by atoms with Crippen LogP contribution in [0.15, 0.2) is 36.4 Å². The van der Waals surface area contributed by atoms with E-state index in [1.165, 1.54) is 5.56 Å². The van der Waals surface area contributed by atoms with E-state index in [0.717, 1.165) is 0 Å². The van der Waals surface area contributed by atoms with Crippen molar-refractivity contribution in [2.24, 2.45) is 0 Å². The SMILES string of the molecule is Br.CC=Cc1ccccc1. The second-order valence-corrected chi connectivity index (χ2v) is 1.91. The lowest BCUT2D eigenvalue weighted by Gasteiger charge is -1.86. The van der Waals surface area contributed by atoms with Gasteiger partial charge in [-0.15, -0.1) is 17.0 Å². The van der Waals surface area contributed by atoms with Gasteiger partial charge in [-0.2, -0.15) is 0 Å². The highest BCUT2D eigenvalue weighted by Crippen LogP contribution is 1.99. The maximum atomic E-state index is 2.08. The maximum absolute atomic E-state index is 2.08. The summed E-state index contributed by atoms with van der Waals surface area (Å²) in [5.74, 6) is 0. The lowest BCUT2D eigenvalue weighted by Crippen LogP contribution is -1.65. The fourth-order valence-electron chi connectivity index (χ4n) is 0.757. The summed E-state index contributed by atoms with van der Waals surface area (Å²) in [4.78, 5) is 0. The van der Waals surface area contributed by atoms with E-state index in [1.807, 2.05) is 31.2 Å². The molecule has 0 fully saturated rings. The minimum Gasteiger partial charge on any atom is -0.114 e. The zero-order chi connectivity index (χ0) is 6.53. The smallest absolute Gasteiger partial charge is 0.0260 e. The van der Waals surface area contributed by atoms with Crippen molar-refractivity contribution < 1.29 is 0 Å². The predicted molar refractivity (Wildman–Crippen MR) is 51.5 cm³/mol. The van der Waals surface area contributed by atoms with Crippen LogP contribution in [0.4, 0.5) is 0 Å². The molecule has 0 aliphatic heterocycles. The molecule has 0 atom stereocenters. The van der Waals surface area contributed by atoms with Crippen molar-refractivity contribution >= 4 is 23.1 Å². The fraction of sp³-hybridized carbons (Fsp3) is 0.111. The van der Waals surface area contributed by atoms with Crippen LogP contribution in [0.1, 0.15) is 12.5 Å². The van der Waals surface area contributed by atoms with Gasteiger partial charge in [-0.3, -0.25) is 0 Å². The monoisotopic (exact) mass is 198 g/mol. The van der Waals surface area contributed by atoms with Crippen molar-refractivity contribution in [3.05, 3.63) is 42.0 Å². The van der Waals surface area contributed by atoms with Gasteiger partial charge in [0.05, 0.1) is 0 Å². The van der Waals surface area contributed by atoms with Crippen LogP contribution in [0, 0.1) is 0 Å². The first kappa shape index (κ1) is 9.44. The van der Waals surface area contributed by atoms with Gasteiger partial charge in [0.2, 0.25) is 0 Å².